The van der Waals surface area contributed by atoms with Crippen LogP contribution < -0.4 is 5.32 Å². The van der Waals surface area contributed by atoms with Crippen LogP contribution in [-0.4, -0.2) is 33.2 Å². The zero-order valence-electron chi connectivity index (χ0n) is 14.2. The van der Waals surface area contributed by atoms with Crippen molar-refractivity contribution in [2.75, 3.05) is 11.9 Å². The van der Waals surface area contributed by atoms with Crippen LogP contribution in [0.25, 0.3) is 0 Å². The minimum absolute atomic E-state index is 0.175. The van der Waals surface area contributed by atoms with Crippen LogP contribution in [0.15, 0.2) is 53.3 Å². The van der Waals surface area contributed by atoms with E-state index in [9.17, 15) is 14.0 Å². The van der Waals surface area contributed by atoms with E-state index in [2.05, 4.69) is 15.3 Å². The van der Waals surface area contributed by atoms with Gasteiger partial charge in [0.2, 0.25) is 5.95 Å². The van der Waals surface area contributed by atoms with Gasteiger partial charge in [0.15, 0.2) is 5.76 Å². The number of benzene rings is 1. The molecular formula is C19H15FN4O3. The monoisotopic (exact) mass is 366 g/mol. The number of aromatic nitrogens is 2. The van der Waals surface area contributed by atoms with Crippen LogP contribution in [0.5, 0.6) is 0 Å². The van der Waals surface area contributed by atoms with Crippen molar-refractivity contribution in [3.05, 3.63) is 77.3 Å². The molecule has 8 heteroatoms. The number of amides is 2. The Kier molecular flexibility index (Phi) is 4.37. The lowest BCUT2D eigenvalue weighted by atomic mass is 10.1. The van der Waals surface area contributed by atoms with Crippen LogP contribution in [0.2, 0.25) is 0 Å². The van der Waals surface area contributed by atoms with E-state index < -0.39 is 11.7 Å². The van der Waals surface area contributed by atoms with Crippen LogP contribution in [0.1, 0.15) is 32.2 Å². The van der Waals surface area contributed by atoms with Crippen molar-refractivity contribution in [3.63, 3.8) is 0 Å². The Balaban J connectivity index is 1.46. The van der Waals surface area contributed by atoms with Crippen LogP contribution in [0, 0.1) is 5.82 Å². The summed E-state index contributed by atoms with van der Waals surface area (Å²) in [6.45, 7) is 0.871. The molecule has 4 rings (SSSR count). The summed E-state index contributed by atoms with van der Waals surface area (Å²) in [6, 6.07) is 8.51. The molecule has 1 aromatic carbocycles. The zero-order chi connectivity index (χ0) is 18.8. The zero-order valence-corrected chi connectivity index (χ0v) is 14.2. The van der Waals surface area contributed by atoms with E-state index in [1.54, 1.807) is 23.2 Å². The van der Waals surface area contributed by atoms with E-state index in [0.717, 1.165) is 11.3 Å². The van der Waals surface area contributed by atoms with Crippen molar-refractivity contribution >= 4 is 17.8 Å². The van der Waals surface area contributed by atoms with Crippen LogP contribution in [-0.2, 0) is 13.0 Å². The summed E-state index contributed by atoms with van der Waals surface area (Å²) in [4.78, 5) is 34.8. The molecule has 0 spiro atoms. The Morgan fingerprint density at radius 3 is 2.74 bits per heavy atom. The fraction of sp³-hybridized carbons (Fsp3) is 0.158. The van der Waals surface area contributed by atoms with E-state index in [0.29, 0.717) is 30.8 Å². The Morgan fingerprint density at radius 2 is 2.00 bits per heavy atom. The molecule has 0 unspecified atom stereocenters. The van der Waals surface area contributed by atoms with Gasteiger partial charge in [-0.2, -0.15) is 0 Å². The molecule has 0 aliphatic carbocycles. The Morgan fingerprint density at radius 1 is 1.19 bits per heavy atom. The van der Waals surface area contributed by atoms with Crippen molar-refractivity contribution in [2.45, 2.75) is 13.0 Å². The van der Waals surface area contributed by atoms with Crippen LogP contribution >= 0.6 is 0 Å². The Hall–Kier alpha value is -3.55. The fourth-order valence-electron chi connectivity index (χ4n) is 2.88. The van der Waals surface area contributed by atoms with Gasteiger partial charge >= 0.3 is 0 Å². The number of carbonyl (C=O) groups excluding carboxylic acids is 2. The number of carbonyl (C=O) groups is 2. The Labute approximate surface area is 153 Å². The van der Waals surface area contributed by atoms with Gasteiger partial charge in [-0.15, -0.1) is 0 Å². The standard InChI is InChI=1S/C19H15FN4O3/c20-14-5-3-12(4-6-14)17(25)23-19-21-10-13-11-24(8-7-15(13)22-19)18(26)16-2-1-9-27-16/h1-6,9-10H,7-8,11H2,(H,21,22,23,25). The second-order valence-electron chi connectivity index (χ2n) is 6.08. The van der Waals surface area contributed by atoms with Gasteiger partial charge in [-0.3, -0.25) is 14.9 Å². The summed E-state index contributed by atoms with van der Waals surface area (Å²) in [5.41, 5.74) is 1.91. The second-order valence-corrected chi connectivity index (χ2v) is 6.08. The molecular weight excluding hydrogens is 351 g/mol. The number of fused-ring (bicyclic) bond motifs is 1. The smallest absolute Gasteiger partial charge is 0.289 e. The maximum Gasteiger partial charge on any atom is 0.289 e. The number of nitrogens with one attached hydrogen (secondary N) is 1. The molecule has 0 fully saturated rings. The molecule has 2 aromatic heterocycles. The summed E-state index contributed by atoms with van der Waals surface area (Å²) >= 11 is 0. The maximum absolute atomic E-state index is 13.0. The third-order valence-corrected chi connectivity index (χ3v) is 4.28. The van der Waals surface area contributed by atoms with Crippen molar-refractivity contribution in [1.29, 1.82) is 0 Å². The predicted molar refractivity (Wildman–Crippen MR) is 93.5 cm³/mol. The van der Waals surface area contributed by atoms with Gasteiger partial charge < -0.3 is 9.32 Å². The highest BCUT2D eigenvalue weighted by atomic mass is 19.1. The average molecular weight is 366 g/mol. The third kappa shape index (κ3) is 3.55. The molecule has 7 nitrogen and oxygen atoms in total. The van der Waals surface area contributed by atoms with Gasteiger partial charge in [0, 0.05) is 36.8 Å². The molecule has 1 aliphatic rings. The summed E-state index contributed by atoms with van der Waals surface area (Å²) in [6.07, 6.45) is 3.61. The Bertz CT molecular complexity index is 987. The molecule has 3 heterocycles. The highest BCUT2D eigenvalue weighted by Gasteiger charge is 2.25. The number of hydrogen-bond donors (Lipinski definition) is 1. The first-order valence-corrected chi connectivity index (χ1v) is 8.34. The number of nitrogens with zero attached hydrogens (tertiary/aromatic N) is 3. The van der Waals surface area contributed by atoms with E-state index >= 15 is 0 Å². The lowest BCUT2D eigenvalue weighted by Crippen LogP contribution is -2.36. The van der Waals surface area contributed by atoms with Gasteiger partial charge in [0.1, 0.15) is 5.82 Å². The normalized spacial score (nSPS) is 13.1. The topological polar surface area (TPSA) is 88.3 Å². The molecule has 3 aromatic rings. The van der Waals surface area contributed by atoms with Crippen LogP contribution in [0.3, 0.4) is 0 Å². The van der Waals surface area contributed by atoms with E-state index in [4.69, 9.17) is 4.42 Å². The third-order valence-electron chi connectivity index (χ3n) is 4.28. The molecule has 0 bridgehead atoms. The first-order chi connectivity index (χ1) is 13.1. The van der Waals surface area contributed by atoms with Gasteiger partial charge in [0.05, 0.1) is 12.0 Å². The summed E-state index contributed by atoms with van der Waals surface area (Å²) in [7, 11) is 0. The molecule has 1 N–H and O–H groups in total. The SMILES string of the molecule is O=C(Nc1ncc2c(n1)CCN(C(=O)c1ccco1)C2)c1ccc(F)cc1. The van der Waals surface area contributed by atoms with Crippen molar-refractivity contribution in [2.24, 2.45) is 0 Å². The summed E-state index contributed by atoms with van der Waals surface area (Å²) < 4.78 is 18.1. The summed E-state index contributed by atoms with van der Waals surface area (Å²) in [5.74, 6) is -0.540. The molecule has 2 amide bonds. The lowest BCUT2D eigenvalue weighted by Gasteiger charge is -2.27. The van der Waals surface area contributed by atoms with Crippen molar-refractivity contribution in [3.8, 4) is 0 Å². The van der Waals surface area contributed by atoms with Crippen LogP contribution in [0.4, 0.5) is 10.3 Å². The molecule has 0 saturated carbocycles. The van der Waals surface area contributed by atoms with Crippen molar-refractivity contribution < 1.29 is 18.4 Å². The highest BCUT2D eigenvalue weighted by molar-refractivity contribution is 6.03. The molecule has 1 aliphatic heterocycles. The second kappa shape index (κ2) is 6.99. The van der Waals surface area contributed by atoms with Gasteiger partial charge in [-0.05, 0) is 36.4 Å². The highest BCUT2D eigenvalue weighted by Crippen LogP contribution is 2.20. The minimum atomic E-state index is -0.416. The molecule has 0 atom stereocenters. The average Bonchev–Trinajstić information content (AvgIpc) is 3.22. The minimum Gasteiger partial charge on any atom is -0.459 e. The first-order valence-electron chi connectivity index (χ1n) is 8.34. The number of hydrogen-bond acceptors (Lipinski definition) is 5. The molecule has 0 radical (unpaired) electrons. The van der Waals surface area contributed by atoms with Crippen molar-refractivity contribution in [1.82, 2.24) is 14.9 Å². The number of anilines is 1. The van der Waals surface area contributed by atoms with E-state index in [-0.39, 0.29) is 11.9 Å². The quantitative estimate of drug-likeness (QED) is 0.770. The fourth-order valence-corrected chi connectivity index (χ4v) is 2.88. The largest absolute Gasteiger partial charge is 0.459 e. The first kappa shape index (κ1) is 16.9. The van der Waals surface area contributed by atoms with E-state index in [1.807, 2.05) is 0 Å². The van der Waals surface area contributed by atoms with Gasteiger partial charge in [-0.1, -0.05) is 0 Å². The molecule has 27 heavy (non-hydrogen) atoms. The summed E-state index contributed by atoms with van der Waals surface area (Å²) in [5, 5.41) is 2.60. The van der Waals surface area contributed by atoms with Gasteiger partial charge in [0.25, 0.3) is 11.8 Å². The molecule has 136 valence electrons. The predicted octanol–water partition coefficient (Wildman–Crippen LogP) is 2.66. The number of halogens is 1. The maximum atomic E-state index is 13.0. The number of furan rings is 1. The number of rotatable bonds is 3. The van der Waals surface area contributed by atoms with Gasteiger partial charge in [-0.25, -0.2) is 14.4 Å². The lowest BCUT2D eigenvalue weighted by molar-refractivity contribution is 0.0701. The molecule has 0 saturated heterocycles. The van der Waals surface area contributed by atoms with E-state index in [1.165, 1.54) is 30.5 Å².